The van der Waals surface area contributed by atoms with Gasteiger partial charge in [0.15, 0.2) is 0 Å². The lowest BCUT2D eigenvalue weighted by Crippen LogP contribution is -2.48. The highest BCUT2D eigenvalue weighted by molar-refractivity contribution is 5.90. The van der Waals surface area contributed by atoms with Gasteiger partial charge in [-0.05, 0) is 26.7 Å². The molecule has 0 aromatic carbocycles. The topological polar surface area (TPSA) is 95.5 Å². The van der Waals surface area contributed by atoms with Gasteiger partial charge in [-0.15, -0.1) is 0 Å². The van der Waals surface area contributed by atoms with E-state index >= 15 is 0 Å². The van der Waals surface area contributed by atoms with E-state index in [1.54, 1.807) is 26.0 Å². The standard InChI is InChI=1S/C13H20N2O4/c1-3-14-11(16)8(2)15-12(17)9-6-4-5-7-10(9)13(18)19/h4-5,8-10H,3,6-7H2,1-2H3,(H,14,16)(H,15,17)(H,18,19). The number of likely N-dealkylation sites (N-methyl/N-ethyl adjacent to an activating group) is 1. The maximum Gasteiger partial charge on any atom is 0.307 e. The highest BCUT2D eigenvalue weighted by atomic mass is 16.4. The zero-order valence-corrected chi connectivity index (χ0v) is 11.2. The van der Waals surface area contributed by atoms with Gasteiger partial charge in [0.2, 0.25) is 11.8 Å². The van der Waals surface area contributed by atoms with E-state index in [1.807, 2.05) is 0 Å². The fraction of sp³-hybridized carbons (Fsp3) is 0.615. The van der Waals surface area contributed by atoms with Crippen LogP contribution in [0.4, 0.5) is 0 Å². The Morgan fingerprint density at radius 3 is 2.37 bits per heavy atom. The van der Waals surface area contributed by atoms with Crippen molar-refractivity contribution < 1.29 is 19.5 Å². The number of hydrogen-bond acceptors (Lipinski definition) is 3. The van der Waals surface area contributed by atoms with Gasteiger partial charge >= 0.3 is 5.97 Å². The normalized spacial score (nSPS) is 23.5. The molecule has 106 valence electrons. The van der Waals surface area contributed by atoms with Gasteiger partial charge in [-0.1, -0.05) is 12.2 Å². The first-order valence-electron chi connectivity index (χ1n) is 6.43. The third-order valence-electron chi connectivity index (χ3n) is 3.19. The van der Waals surface area contributed by atoms with Crippen molar-refractivity contribution in [1.29, 1.82) is 0 Å². The predicted octanol–water partition coefficient (Wildman–Crippen LogP) is 0.294. The molecule has 0 bridgehead atoms. The first-order valence-corrected chi connectivity index (χ1v) is 6.43. The summed E-state index contributed by atoms with van der Waals surface area (Å²) in [6.07, 6.45) is 4.32. The predicted molar refractivity (Wildman–Crippen MR) is 69.3 cm³/mol. The van der Waals surface area contributed by atoms with Crippen LogP contribution in [-0.4, -0.2) is 35.5 Å². The van der Waals surface area contributed by atoms with Crippen LogP contribution in [0.3, 0.4) is 0 Å². The summed E-state index contributed by atoms with van der Waals surface area (Å²) >= 11 is 0. The number of allylic oxidation sites excluding steroid dienone is 2. The van der Waals surface area contributed by atoms with E-state index in [4.69, 9.17) is 5.11 Å². The second-order valence-electron chi connectivity index (χ2n) is 4.62. The third kappa shape index (κ3) is 4.08. The van der Waals surface area contributed by atoms with Crippen LogP contribution in [0.2, 0.25) is 0 Å². The van der Waals surface area contributed by atoms with Gasteiger partial charge in [0.05, 0.1) is 11.8 Å². The molecule has 1 rings (SSSR count). The molecule has 6 nitrogen and oxygen atoms in total. The highest BCUT2D eigenvalue weighted by Crippen LogP contribution is 2.26. The van der Waals surface area contributed by atoms with Crippen molar-refractivity contribution >= 4 is 17.8 Å². The maximum absolute atomic E-state index is 12.0. The molecule has 0 aliphatic heterocycles. The van der Waals surface area contributed by atoms with Crippen molar-refractivity contribution in [3.8, 4) is 0 Å². The van der Waals surface area contributed by atoms with Crippen LogP contribution in [0.25, 0.3) is 0 Å². The van der Waals surface area contributed by atoms with Crippen molar-refractivity contribution in [2.24, 2.45) is 11.8 Å². The summed E-state index contributed by atoms with van der Waals surface area (Å²) in [4.78, 5) is 34.7. The monoisotopic (exact) mass is 268 g/mol. The minimum Gasteiger partial charge on any atom is -0.481 e. The van der Waals surface area contributed by atoms with Crippen LogP contribution in [0.15, 0.2) is 12.2 Å². The molecule has 0 saturated carbocycles. The zero-order chi connectivity index (χ0) is 14.4. The molecule has 3 unspecified atom stereocenters. The summed E-state index contributed by atoms with van der Waals surface area (Å²) < 4.78 is 0. The van der Waals surface area contributed by atoms with E-state index in [0.29, 0.717) is 19.4 Å². The van der Waals surface area contributed by atoms with Gasteiger partial charge in [0.1, 0.15) is 6.04 Å². The largest absolute Gasteiger partial charge is 0.481 e. The summed E-state index contributed by atoms with van der Waals surface area (Å²) in [6.45, 7) is 3.86. The molecule has 19 heavy (non-hydrogen) atoms. The van der Waals surface area contributed by atoms with Crippen LogP contribution >= 0.6 is 0 Å². The van der Waals surface area contributed by atoms with Crippen molar-refractivity contribution in [3.63, 3.8) is 0 Å². The molecule has 3 atom stereocenters. The Morgan fingerprint density at radius 1 is 1.26 bits per heavy atom. The second-order valence-corrected chi connectivity index (χ2v) is 4.62. The summed E-state index contributed by atoms with van der Waals surface area (Å²) in [6, 6.07) is -0.659. The molecule has 1 aliphatic rings. The van der Waals surface area contributed by atoms with Crippen molar-refractivity contribution in [2.45, 2.75) is 32.7 Å². The minimum atomic E-state index is -0.977. The van der Waals surface area contributed by atoms with Gasteiger partial charge in [0.25, 0.3) is 0 Å². The molecule has 0 heterocycles. The summed E-state index contributed by atoms with van der Waals surface area (Å²) in [5, 5.41) is 14.3. The van der Waals surface area contributed by atoms with Gasteiger partial charge < -0.3 is 15.7 Å². The Morgan fingerprint density at radius 2 is 1.84 bits per heavy atom. The van der Waals surface area contributed by atoms with Gasteiger partial charge in [-0.3, -0.25) is 14.4 Å². The zero-order valence-electron chi connectivity index (χ0n) is 11.2. The molecule has 0 aromatic rings. The Hall–Kier alpha value is -1.85. The number of nitrogens with one attached hydrogen (secondary N) is 2. The lowest BCUT2D eigenvalue weighted by atomic mass is 9.82. The van der Waals surface area contributed by atoms with Gasteiger partial charge in [-0.2, -0.15) is 0 Å². The van der Waals surface area contributed by atoms with Gasteiger partial charge in [0, 0.05) is 6.54 Å². The van der Waals surface area contributed by atoms with E-state index < -0.39 is 23.8 Å². The molecular weight excluding hydrogens is 248 g/mol. The molecule has 0 saturated heterocycles. The first-order chi connectivity index (χ1) is 8.97. The van der Waals surface area contributed by atoms with Crippen LogP contribution in [0.1, 0.15) is 26.7 Å². The fourth-order valence-corrected chi connectivity index (χ4v) is 2.09. The number of carboxylic acids is 1. The van der Waals surface area contributed by atoms with E-state index in [1.165, 1.54) is 0 Å². The van der Waals surface area contributed by atoms with Crippen LogP contribution in [0.5, 0.6) is 0 Å². The molecular formula is C13H20N2O4. The highest BCUT2D eigenvalue weighted by Gasteiger charge is 2.34. The summed E-state index contributed by atoms with van der Waals surface area (Å²) in [5.41, 5.74) is 0. The second kappa shape index (κ2) is 6.92. The lowest BCUT2D eigenvalue weighted by molar-refractivity contribution is -0.147. The molecule has 6 heteroatoms. The van der Waals surface area contributed by atoms with Crippen LogP contribution < -0.4 is 10.6 Å². The average Bonchev–Trinajstić information content (AvgIpc) is 2.38. The number of carboxylic acid groups (broad SMARTS) is 1. The minimum absolute atomic E-state index is 0.269. The third-order valence-corrected chi connectivity index (χ3v) is 3.19. The Labute approximate surface area is 112 Å². The van der Waals surface area contributed by atoms with Crippen molar-refractivity contribution in [3.05, 3.63) is 12.2 Å². The number of hydrogen-bond donors (Lipinski definition) is 3. The number of amides is 2. The molecule has 3 N–H and O–H groups in total. The van der Waals surface area contributed by atoms with E-state index in [-0.39, 0.29) is 11.8 Å². The molecule has 2 amide bonds. The smallest absolute Gasteiger partial charge is 0.307 e. The maximum atomic E-state index is 12.0. The number of rotatable bonds is 5. The molecule has 1 aliphatic carbocycles. The van der Waals surface area contributed by atoms with Gasteiger partial charge in [-0.25, -0.2) is 0 Å². The van der Waals surface area contributed by atoms with E-state index in [2.05, 4.69) is 10.6 Å². The van der Waals surface area contributed by atoms with E-state index in [9.17, 15) is 14.4 Å². The summed E-state index contributed by atoms with van der Waals surface area (Å²) in [5.74, 6) is -2.95. The average molecular weight is 268 g/mol. The molecule has 0 fully saturated rings. The lowest BCUT2D eigenvalue weighted by Gasteiger charge is -2.25. The number of carbonyl (C=O) groups excluding carboxylic acids is 2. The molecule has 0 aromatic heterocycles. The molecule has 0 radical (unpaired) electrons. The van der Waals surface area contributed by atoms with E-state index in [0.717, 1.165) is 0 Å². The Bertz CT molecular complexity index is 392. The SMILES string of the molecule is CCNC(=O)C(C)NC(=O)C1CC=CCC1C(=O)O. The first kappa shape index (κ1) is 15.2. The van der Waals surface area contributed by atoms with Crippen molar-refractivity contribution in [1.82, 2.24) is 10.6 Å². The Kier molecular flexibility index (Phi) is 5.54. The summed E-state index contributed by atoms with van der Waals surface area (Å²) in [7, 11) is 0. The van der Waals surface area contributed by atoms with Crippen LogP contribution in [0, 0.1) is 11.8 Å². The fourth-order valence-electron chi connectivity index (χ4n) is 2.09. The van der Waals surface area contributed by atoms with Crippen LogP contribution in [-0.2, 0) is 14.4 Å². The number of carbonyl (C=O) groups is 3. The quantitative estimate of drug-likeness (QED) is 0.625. The van der Waals surface area contributed by atoms with Crippen molar-refractivity contribution in [2.75, 3.05) is 6.54 Å². The number of aliphatic carboxylic acids is 1. The Balaban J connectivity index is 2.63. The molecule has 0 spiro atoms.